The fourth-order valence-corrected chi connectivity index (χ4v) is 2.67. The molecule has 8 nitrogen and oxygen atoms in total. The maximum Gasteiger partial charge on any atom is 0.508 e. The van der Waals surface area contributed by atoms with Gasteiger partial charge in [-0.15, -0.1) is 11.8 Å². The summed E-state index contributed by atoms with van der Waals surface area (Å²) in [5.74, 6) is 0.726. The Hall–Kier alpha value is -1.74. The number of anilines is 1. The van der Waals surface area contributed by atoms with Crippen molar-refractivity contribution < 1.29 is 19.0 Å². The van der Waals surface area contributed by atoms with Crippen LogP contribution in [0.15, 0.2) is 17.1 Å². The fourth-order valence-electron chi connectivity index (χ4n) is 1.68. The fraction of sp³-hybridized carbons (Fsp3) is 0.583. The van der Waals surface area contributed by atoms with Gasteiger partial charge >= 0.3 is 11.8 Å². The summed E-state index contributed by atoms with van der Waals surface area (Å²) in [6, 6.07) is 1.53. The number of aromatic nitrogens is 2. The molecular formula is C12H17N3O5S. The SMILES string of the molecule is CCCOC(=O)OC[C@@H]1O[C@H](n2ccc(N)nc2=O)CS1. The van der Waals surface area contributed by atoms with Crippen molar-refractivity contribution in [3.8, 4) is 0 Å². The summed E-state index contributed by atoms with van der Waals surface area (Å²) >= 11 is 1.45. The zero-order valence-corrected chi connectivity index (χ0v) is 12.4. The van der Waals surface area contributed by atoms with Gasteiger partial charge in [0.2, 0.25) is 0 Å². The summed E-state index contributed by atoms with van der Waals surface area (Å²) < 4.78 is 16.7. The second kappa shape index (κ2) is 7.32. The first-order chi connectivity index (χ1) is 10.1. The van der Waals surface area contributed by atoms with Crippen molar-refractivity contribution in [1.29, 1.82) is 0 Å². The molecular weight excluding hydrogens is 298 g/mol. The highest BCUT2D eigenvalue weighted by molar-refractivity contribution is 8.00. The Balaban J connectivity index is 1.83. The Kier molecular flexibility index (Phi) is 5.45. The Labute approximate surface area is 125 Å². The molecule has 0 bridgehead atoms. The standard InChI is InChI=1S/C12H17N3O5S/c1-2-5-18-12(17)19-6-10-20-9(7-21-10)15-4-3-8(13)14-11(15)16/h3-4,9-10H,2,5-7H2,1H3,(H2,13,14,16)/t9-,10+/m0/s1. The minimum Gasteiger partial charge on any atom is -0.434 e. The third kappa shape index (κ3) is 4.36. The summed E-state index contributed by atoms with van der Waals surface area (Å²) in [7, 11) is 0. The van der Waals surface area contributed by atoms with E-state index in [0.29, 0.717) is 12.4 Å². The van der Waals surface area contributed by atoms with E-state index in [4.69, 9.17) is 19.9 Å². The lowest BCUT2D eigenvalue weighted by Crippen LogP contribution is -2.29. The Bertz CT molecular complexity index is 550. The van der Waals surface area contributed by atoms with Crippen LogP contribution in [0.5, 0.6) is 0 Å². The van der Waals surface area contributed by atoms with Gasteiger partial charge in [-0.25, -0.2) is 9.59 Å². The van der Waals surface area contributed by atoms with Crippen LogP contribution in [0, 0.1) is 0 Å². The summed E-state index contributed by atoms with van der Waals surface area (Å²) in [6.07, 6.45) is 1.11. The second-order valence-corrected chi connectivity index (χ2v) is 5.50. The van der Waals surface area contributed by atoms with Crippen LogP contribution in [0.4, 0.5) is 10.6 Å². The van der Waals surface area contributed by atoms with Crippen LogP contribution < -0.4 is 11.4 Å². The lowest BCUT2D eigenvalue weighted by atomic mass is 10.5. The second-order valence-electron chi connectivity index (χ2n) is 4.31. The average Bonchev–Trinajstić information content (AvgIpc) is 2.91. The molecule has 21 heavy (non-hydrogen) atoms. The van der Waals surface area contributed by atoms with E-state index in [-0.39, 0.29) is 17.9 Å². The highest BCUT2D eigenvalue weighted by Crippen LogP contribution is 2.31. The Morgan fingerprint density at radius 2 is 2.43 bits per heavy atom. The number of rotatable bonds is 5. The molecule has 2 heterocycles. The number of carbonyl (C=O) groups excluding carboxylic acids is 1. The first kappa shape index (κ1) is 15.6. The monoisotopic (exact) mass is 315 g/mol. The zero-order chi connectivity index (χ0) is 15.2. The number of hydrogen-bond donors (Lipinski definition) is 1. The van der Waals surface area contributed by atoms with Crippen LogP contribution in [0.1, 0.15) is 19.6 Å². The van der Waals surface area contributed by atoms with Gasteiger partial charge in [0.15, 0.2) is 0 Å². The first-order valence-corrected chi connectivity index (χ1v) is 7.56. The van der Waals surface area contributed by atoms with E-state index in [1.807, 2.05) is 6.92 Å². The topological polar surface area (TPSA) is 106 Å². The number of nitrogen functional groups attached to an aromatic ring is 1. The van der Waals surface area contributed by atoms with Crippen molar-refractivity contribution in [3.05, 3.63) is 22.7 Å². The third-order valence-corrected chi connectivity index (χ3v) is 3.75. The molecule has 0 amide bonds. The summed E-state index contributed by atoms with van der Waals surface area (Å²) in [4.78, 5) is 26.6. The normalized spacial score (nSPS) is 21.2. The molecule has 0 aromatic carbocycles. The number of thioether (sulfide) groups is 1. The predicted molar refractivity (Wildman–Crippen MR) is 76.9 cm³/mol. The summed E-state index contributed by atoms with van der Waals surface area (Å²) in [5.41, 5.74) is 4.63. The molecule has 9 heteroatoms. The summed E-state index contributed by atoms with van der Waals surface area (Å²) in [5, 5.41) is 0. The molecule has 2 rings (SSSR count). The smallest absolute Gasteiger partial charge is 0.434 e. The highest BCUT2D eigenvalue weighted by Gasteiger charge is 2.29. The maximum atomic E-state index is 11.7. The molecule has 2 N–H and O–H groups in total. The maximum absolute atomic E-state index is 11.7. The van der Waals surface area contributed by atoms with Crippen LogP contribution in [0.3, 0.4) is 0 Å². The van der Waals surface area contributed by atoms with Crippen molar-refractivity contribution in [2.45, 2.75) is 25.0 Å². The lowest BCUT2D eigenvalue weighted by molar-refractivity contribution is -0.0237. The largest absolute Gasteiger partial charge is 0.508 e. The Morgan fingerprint density at radius 3 is 3.14 bits per heavy atom. The van der Waals surface area contributed by atoms with Gasteiger partial charge in [0.25, 0.3) is 0 Å². The molecule has 116 valence electrons. The minimum atomic E-state index is -0.712. The predicted octanol–water partition coefficient (Wildman–Crippen LogP) is 0.977. The molecule has 0 spiro atoms. The quantitative estimate of drug-likeness (QED) is 0.801. The molecule has 0 unspecified atom stereocenters. The van der Waals surface area contributed by atoms with E-state index in [9.17, 15) is 9.59 Å². The number of nitrogens with two attached hydrogens (primary N) is 1. The highest BCUT2D eigenvalue weighted by atomic mass is 32.2. The number of nitrogens with zero attached hydrogens (tertiary/aromatic N) is 2. The van der Waals surface area contributed by atoms with Crippen LogP contribution >= 0.6 is 11.8 Å². The van der Waals surface area contributed by atoms with E-state index in [2.05, 4.69) is 4.98 Å². The van der Waals surface area contributed by atoms with Crippen LogP contribution in [-0.2, 0) is 14.2 Å². The van der Waals surface area contributed by atoms with Crippen LogP contribution in [-0.4, -0.2) is 40.1 Å². The van der Waals surface area contributed by atoms with E-state index >= 15 is 0 Å². The van der Waals surface area contributed by atoms with E-state index in [1.54, 1.807) is 0 Å². The van der Waals surface area contributed by atoms with Gasteiger partial charge < -0.3 is 19.9 Å². The van der Waals surface area contributed by atoms with E-state index < -0.39 is 18.1 Å². The van der Waals surface area contributed by atoms with Crippen LogP contribution in [0.25, 0.3) is 0 Å². The van der Waals surface area contributed by atoms with Gasteiger partial charge in [-0.3, -0.25) is 4.57 Å². The molecule has 0 radical (unpaired) electrons. The van der Waals surface area contributed by atoms with Gasteiger partial charge in [-0.05, 0) is 12.5 Å². The number of hydrogen-bond acceptors (Lipinski definition) is 8. The molecule has 1 aromatic rings. The minimum absolute atomic E-state index is 0.0703. The van der Waals surface area contributed by atoms with E-state index in [0.717, 1.165) is 6.42 Å². The van der Waals surface area contributed by atoms with Crippen molar-refractivity contribution in [1.82, 2.24) is 9.55 Å². The molecule has 1 aliphatic heterocycles. The molecule has 1 aliphatic rings. The van der Waals surface area contributed by atoms with Gasteiger partial charge in [0, 0.05) is 11.9 Å². The van der Waals surface area contributed by atoms with Crippen molar-refractivity contribution >= 4 is 23.7 Å². The third-order valence-electron chi connectivity index (χ3n) is 2.66. The lowest BCUT2D eigenvalue weighted by Gasteiger charge is -2.14. The average molecular weight is 315 g/mol. The van der Waals surface area contributed by atoms with Crippen molar-refractivity contribution in [2.24, 2.45) is 0 Å². The van der Waals surface area contributed by atoms with E-state index in [1.165, 1.54) is 28.6 Å². The summed E-state index contributed by atoms with van der Waals surface area (Å²) in [6.45, 7) is 2.29. The van der Waals surface area contributed by atoms with Gasteiger partial charge in [-0.2, -0.15) is 4.98 Å². The van der Waals surface area contributed by atoms with Gasteiger partial charge in [0.05, 0.1) is 6.61 Å². The molecule has 0 aliphatic carbocycles. The molecule has 1 saturated heterocycles. The van der Waals surface area contributed by atoms with Crippen molar-refractivity contribution in [2.75, 3.05) is 24.7 Å². The zero-order valence-electron chi connectivity index (χ0n) is 11.6. The molecule has 2 atom stereocenters. The number of ether oxygens (including phenoxy) is 3. The van der Waals surface area contributed by atoms with Gasteiger partial charge in [-0.1, -0.05) is 6.92 Å². The first-order valence-electron chi connectivity index (χ1n) is 6.51. The molecule has 1 fully saturated rings. The van der Waals surface area contributed by atoms with Crippen molar-refractivity contribution in [3.63, 3.8) is 0 Å². The van der Waals surface area contributed by atoms with Crippen LogP contribution in [0.2, 0.25) is 0 Å². The number of carbonyl (C=O) groups is 1. The molecule has 1 aromatic heterocycles. The molecule has 0 saturated carbocycles. The Morgan fingerprint density at radius 1 is 1.62 bits per heavy atom. The van der Waals surface area contributed by atoms with Gasteiger partial charge in [0.1, 0.15) is 24.1 Å².